The number of nitrogens with two attached hydrogens (primary N) is 1. The molecule has 1 atom stereocenters. The van der Waals surface area contributed by atoms with E-state index in [2.05, 4.69) is 0 Å². The van der Waals surface area contributed by atoms with Gasteiger partial charge < -0.3 is 10.6 Å². The molecule has 1 aromatic carbocycles. The lowest BCUT2D eigenvalue weighted by Crippen LogP contribution is -2.27. The Balaban J connectivity index is 2.25. The van der Waals surface area contributed by atoms with Crippen molar-refractivity contribution in [3.05, 3.63) is 22.8 Å². The highest BCUT2D eigenvalue weighted by Gasteiger charge is 2.32. The molecule has 1 aliphatic rings. The summed E-state index contributed by atoms with van der Waals surface area (Å²) in [5.41, 5.74) is 10.9. The number of aryl methyl sites for hydroxylation is 2. The first-order valence-corrected chi connectivity index (χ1v) is 8.09. The first-order valence-electron chi connectivity index (χ1n) is 7.11. The fourth-order valence-corrected chi connectivity index (χ4v) is 3.64. The fraction of sp³-hybridized carbons (Fsp3) is 0.500. The molecule has 5 heteroatoms. The van der Waals surface area contributed by atoms with E-state index in [0.717, 1.165) is 28.1 Å². The molecule has 4 nitrogen and oxygen atoms in total. The van der Waals surface area contributed by atoms with Crippen LogP contribution in [0.2, 0.25) is 0 Å². The SMILES string of the molecule is CC(=O)SCC1CC(=O)N(c2c(C)cc(C)c(N)c2C)C1. The zero-order valence-corrected chi connectivity index (χ0v) is 13.8. The highest BCUT2D eigenvalue weighted by atomic mass is 32.2. The molecule has 1 heterocycles. The van der Waals surface area contributed by atoms with Crippen molar-refractivity contribution in [2.24, 2.45) is 5.92 Å². The topological polar surface area (TPSA) is 63.4 Å². The Kier molecular flexibility index (Phi) is 4.61. The number of carbonyl (C=O) groups excluding carboxylic acids is 2. The van der Waals surface area contributed by atoms with Crippen LogP contribution in [0.1, 0.15) is 30.0 Å². The Morgan fingerprint density at radius 1 is 1.38 bits per heavy atom. The summed E-state index contributed by atoms with van der Waals surface area (Å²) in [6.07, 6.45) is 0.507. The Hall–Kier alpha value is -1.49. The van der Waals surface area contributed by atoms with Gasteiger partial charge in [-0.05, 0) is 43.4 Å². The summed E-state index contributed by atoms with van der Waals surface area (Å²) < 4.78 is 0. The standard InChI is InChI=1S/C16H22N2O2S/c1-9-5-10(2)16(11(3)15(9)17)18-7-13(6-14(18)20)8-21-12(4)19/h5,13H,6-8,17H2,1-4H3. The summed E-state index contributed by atoms with van der Waals surface area (Å²) in [5.74, 6) is 1.06. The molecule has 0 aliphatic carbocycles. The smallest absolute Gasteiger partial charge is 0.227 e. The first kappa shape index (κ1) is 15.9. The molecule has 0 aromatic heterocycles. The molecule has 1 aliphatic heterocycles. The number of nitrogens with zero attached hydrogens (tertiary/aromatic N) is 1. The first-order chi connectivity index (χ1) is 9.81. The maximum atomic E-state index is 12.3. The van der Waals surface area contributed by atoms with E-state index < -0.39 is 0 Å². The molecule has 1 fully saturated rings. The van der Waals surface area contributed by atoms with E-state index in [1.807, 2.05) is 31.7 Å². The molecule has 0 bridgehead atoms. The zero-order valence-electron chi connectivity index (χ0n) is 13.0. The van der Waals surface area contributed by atoms with Crippen LogP contribution < -0.4 is 10.6 Å². The second-order valence-corrected chi connectivity index (χ2v) is 6.97. The van der Waals surface area contributed by atoms with Gasteiger partial charge in [0.15, 0.2) is 5.12 Å². The van der Waals surface area contributed by atoms with Gasteiger partial charge in [0.25, 0.3) is 0 Å². The molecule has 21 heavy (non-hydrogen) atoms. The van der Waals surface area contributed by atoms with Gasteiger partial charge in [-0.15, -0.1) is 0 Å². The number of benzene rings is 1. The van der Waals surface area contributed by atoms with Crippen molar-refractivity contribution in [1.82, 2.24) is 0 Å². The third-order valence-electron chi connectivity index (χ3n) is 3.99. The van der Waals surface area contributed by atoms with Gasteiger partial charge in [-0.3, -0.25) is 9.59 Å². The Labute approximate surface area is 130 Å². The molecule has 2 N–H and O–H groups in total. The maximum Gasteiger partial charge on any atom is 0.227 e. The lowest BCUT2D eigenvalue weighted by molar-refractivity contribution is -0.117. The van der Waals surface area contributed by atoms with E-state index in [9.17, 15) is 9.59 Å². The van der Waals surface area contributed by atoms with Crippen molar-refractivity contribution < 1.29 is 9.59 Å². The monoisotopic (exact) mass is 306 g/mol. The second-order valence-electron chi connectivity index (χ2n) is 5.77. The van der Waals surface area contributed by atoms with E-state index in [1.165, 1.54) is 11.8 Å². The number of hydrogen-bond donors (Lipinski definition) is 1. The van der Waals surface area contributed by atoms with Crippen molar-refractivity contribution in [1.29, 1.82) is 0 Å². The van der Waals surface area contributed by atoms with Gasteiger partial charge in [0.1, 0.15) is 0 Å². The second kappa shape index (κ2) is 6.10. The van der Waals surface area contributed by atoms with Gasteiger partial charge in [-0.1, -0.05) is 17.8 Å². The molecule has 0 radical (unpaired) electrons. The number of thioether (sulfide) groups is 1. The summed E-state index contributed by atoms with van der Waals surface area (Å²) >= 11 is 1.30. The fourth-order valence-electron chi connectivity index (χ4n) is 2.95. The molecule has 114 valence electrons. The summed E-state index contributed by atoms with van der Waals surface area (Å²) in [7, 11) is 0. The van der Waals surface area contributed by atoms with Gasteiger partial charge in [-0.2, -0.15) is 0 Å². The normalized spacial score (nSPS) is 18.4. The summed E-state index contributed by atoms with van der Waals surface area (Å²) in [4.78, 5) is 25.2. The van der Waals surface area contributed by atoms with E-state index in [0.29, 0.717) is 18.7 Å². The molecule has 1 amide bonds. The van der Waals surface area contributed by atoms with Gasteiger partial charge in [0.05, 0.1) is 5.69 Å². The minimum Gasteiger partial charge on any atom is -0.398 e. The van der Waals surface area contributed by atoms with Crippen molar-refractivity contribution in [2.45, 2.75) is 34.1 Å². The molecular weight excluding hydrogens is 284 g/mol. The molecular formula is C16H22N2O2S. The van der Waals surface area contributed by atoms with Crippen molar-refractivity contribution in [2.75, 3.05) is 22.9 Å². The van der Waals surface area contributed by atoms with Crippen LogP contribution >= 0.6 is 11.8 Å². The van der Waals surface area contributed by atoms with Crippen LogP contribution in [0.15, 0.2) is 6.07 Å². The highest BCUT2D eigenvalue weighted by molar-refractivity contribution is 8.13. The molecule has 1 unspecified atom stereocenters. The lowest BCUT2D eigenvalue weighted by atomic mass is 10.0. The van der Waals surface area contributed by atoms with Crippen LogP contribution in [0.4, 0.5) is 11.4 Å². The number of anilines is 2. The van der Waals surface area contributed by atoms with E-state index >= 15 is 0 Å². The predicted molar refractivity (Wildman–Crippen MR) is 88.7 cm³/mol. The minimum absolute atomic E-state index is 0.104. The minimum atomic E-state index is 0.104. The number of hydrogen-bond acceptors (Lipinski definition) is 4. The molecule has 0 saturated carbocycles. The quantitative estimate of drug-likeness (QED) is 0.872. The summed E-state index contributed by atoms with van der Waals surface area (Å²) in [6.45, 7) is 8.20. The van der Waals surface area contributed by atoms with Gasteiger partial charge in [0.2, 0.25) is 5.91 Å². The van der Waals surface area contributed by atoms with Crippen molar-refractivity contribution in [3.63, 3.8) is 0 Å². The van der Waals surface area contributed by atoms with Crippen LogP contribution in [0.5, 0.6) is 0 Å². The molecule has 2 rings (SSSR count). The molecule has 1 saturated heterocycles. The van der Waals surface area contributed by atoms with Gasteiger partial charge in [-0.25, -0.2) is 0 Å². The van der Waals surface area contributed by atoms with Gasteiger partial charge >= 0.3 is 0 Å². The summed E-state index contributed by atoms with van der Waals surface area (Å²) in [6, 6.07) is 2.03. The Morgan fingerprint density at radius 2 is 2.05 bits per heavy atom. The van der Waals surface area contributed by atoms with E-state index in [4.69, 9.17) is 5.73 Å². The van der Waals surface area contributed by atoms with Crippen LogP contribution in [-0.4, -0.2) is 23.3 Å². The number of nitrogen functional groups attached to an aromatic ring is 1. The largest absolute Gasteiger partial charge is 0.398 e. The van der Waals surface area contributed by atoms with Crippen molar-refractivity contribution in [3.8, 4) is 0 Å². The number of amides is 1. The third kappa shape index (κ3) is 3.23. The summed E-state index contributed by atoms with van der Waals surface area (Å²) in [5, 5.41) is 0.104. The van der Waals surface area contributed by atoms with E-state index in [1.54, 1.807) is 6.92 Å². The van der Waals surface area contributed by atoms with E-state index in [-0.39, 0.29) is 16.9 Å². The third-order valence-corrected chi connectivity index (χ3v) is 5.03. The van der Waals surface area contributed by atoms with Gasteiger partial charge in [0, 0.05) is 31.3 Å². The Bertz CT molecular complexity index is 598. The zero-order chi connectivity index (χ0) is 15.7. The predicted octanol–water partition coefficient (Wildman–Crippen LogP) is 2.83. The van der Waals surface area contributed by atoms with Crippen LogP contribution in [0.25, 0.3) is 0 Å². The maximum absolute atomic E-state index is 12.3. The number of rotatable bonds is 3. The van der Waals surface area contributed by atoms with Crippen molar-refractivity contribution >= 4 is 34.2 Å². The lowest BCUT2D eigenvalue weighted by Gasteiger charge is -2.23. The van der Waals surface area contributed by atoms with Crippen LogP contribution in [-0.2, 0) is 9.59 Å². The molecule has 1 aromatic rings. The average molecular weight is 306 g/mol. The highest BCUT2D eigenvalue weighted by Crippen LogP contribution is 2.36. The average Bonchev–Trinajstić information content (AvgIpc) is 2.75. The van der Waals surface area contributed by atoms with Crippen LogP contribution in [0, 0.1) is 26.7 Å². The van der Waals surface area contributed by atoms with Crippen LogP contribution in [0.3, 0.4) is 0 Å². The Morgan fingerprint density at radius 3 is 2.67 bits per heavy atom. The molecule has 0 spiro atoms. The number of carbonyl (C=O) groups is 2.